The first kappa shape index (κ1) is 11.7. The molecule has 90 valence electrons. The van der Waals surface area contributed by atoms with Crippen molar-refractivity contribution in [2.75, 3.05) is 6.54 Å². The van der Waals surface area contributed by atoms with Crippen LogP contribution in [0.15, 0.2) is 18.2 Å². The summed E-state index contributed by atoms with van der Waals surface area (Å²) in [7, 11) is 0. The number of nitrogens with zero attached hydrogens (tertiary/aromatic N) is 1. The summed E-state index contributed by atoms with van der Waals surface area (Å²) in [4.78, 5) is 0. The Kier molecular flexibility index (Phi) is 3.19. The van der Waals surface area contributed by atoms with Crippen LogP contribution in [-0.2, 0) is 6.42 Å². The maximum atomic E-state index is 13.7. The van der Waals surface area contributed by atoms with Crippen molar-refractivity contribution in [3.63, 3.8) is 0 Å². The van der Waals surface area contributed by atoms with Crippen LogP contribution < -0.4 is 5.73 Å². The van der Waals surface area contributed by atoms with Crippen molar-refractivity contribution >= 4 is 0 Å². The molecular weight excluding hydrogens is 224 g/mol. The van der Waals surface area contributed by atoms with Gasteiger partial charge in [0, 0.05) is 17.7 Å². The minimum Gasteiger partial charge on any atom is -0.330 e. The number of halogens is 2. The van der Waals surface area contributed by atoms with Gasteiger partial charge in [0.1, 0.15) is 11.6 Å². The summed E-state index contributed by atoms with van der Waals surface area (Å²) in [5.74, 6) is -0.917. The molecule has 0 spiro atoms. The minimum atomic E-state index is -0.477. The Bertz CT molecular complexity index is 535. The first-order valence-electron chi connectivity index (χ1n) is 5.32. The Labute approximate surface area is 97.7 Å². The van der Waals surface area contributed by atoms with E-state index in [0.29, 0.717) is 18.7 Å². The summed E-state index contributed by atoms with van der Waals surface area (Å²) in [5.41, 5.74) is 7.04. The number of aromatic amines is 1. The van der Waals surface area contributed by atoms with Crippen LogP contribution in [0.2, 0.25) is 0 Å². The molecule has 1 aromatic heterocycles. The molecule has 0 radical (unpaired) electrons. The second-order valence-electron chi connectivity index (χ2n) is 3.90. The van der Waals surface area contributed by atoms with Gasteiger partial charge < -0.3 is 5.73 Å². The Morgan fingerprint density at radius 1 is 1.24 bits per heavy atom. The monoisotopic (exact) mass is 237 g/mol. The zero-order valence-corrected chi connectivity index (χ0v) is 9.43. The van der Waals surface area contributed by atoms with Crippen molar-refractivity contribution in [2.45, 2.75) is 13.3 Å². The van der Waals surface area contributed by atoms with Crippen molar-refractivity contribution < 1.29 is 8.78 Å². The van der Waals surface area contributed by atoms with Crippen molar-refractivity contribution in [2.24, 2.45) is 5.73 Å². The van der Waals surface area contributed by atoms with E-state index in [0.717, 1.165) is 11.8 Å². The highest BCUT2D eigenvalue weighted by molar-refractivity contribution is 5.60. The standard InChI is InChI=1S/C12H13F2N3/c1-7-4-11(14)9(6-10(7)13)12-5-8(2-3-15)16-17-12/h4-6H,2-3,15H2,1H3,(H,16,17). The number of rotatable bonds is 3. The molecule has 0 saturated heterocycles. The average molecular weight is 237 g/mol. The second kappa shape index (κ2) is 4.63. The molecule has 1 aromatic carbocycles. The maximum absolute atomic E-state index is 13.7. The van der Waals surface area contributed by atoms with Crippen LogP contribution in [0, 0.1) is 18.6 Å². The van der Waals surface area contributed by atoms with E-state index in [1.54, 1.807) is 6.07 Å². The SMILES string of the molecule is Cc1cc(F)c(-c2cc(CCN)[nH]n2)cc1F. The predicted molar refractivity (Wildman–Crippen MR) is 61.4 cm³/mol. The summed E-state index contributed by atoms with van der Waals surface area (Å²) in [6.07, 6.45) is 0.628. The molecule has 0 aliphatic carbocycles. The maximum Gasteiger partial charge on any atom is 0.133 e. The normalized spacial score (nSPS) is 10.8. The molecule has 0 aliphatic rings. The molecule has 0 aliphatic heterocycles. The number of aryl methyl sites for hydroxylation is 1. The van der Waals surface area contributed by atoms with Gasteiger partial charge in [-0.25, -0.2) is 8.78 Å². The molecule has 0 unspecified atom stereocenters. The molecule has 3 nitrogen and oxygen atoms in total. The van der Waals surface area contributed by atoms with Gasteiger partial charge >= 0.3 is 0 Å². The van der Waals surface area contributed by atoms with Crippen LogP contribution in [-0.4, -0.2) is 16.7 Å². The first-order valence-corrected chi connectivity index (χ1v) is 5.32. The van der Waals surface area contributed by atoms with Crippen LogP contribution in [0.25, 0.3) is 11.3 Å². The molecule has 2 aromatic rings. The van der Waals surface area contributed by atoms with E-state index in [2.05, 4.69) is 10.2 Å². The highest BCUT2D eigenvalue weighted by Gasteiger charge is 2.12. The van der Waals surface area contributed by atoms with E-state index in [-0.39, 0.29) is 11.1 Å². The smallest absolute Gasteiger partial charge is 0.133 e. The summed E-state index contributed by atoms with van der Waals surface area (Å²) in [6.45, 7) is 2.00. The fraction of sp³-hybridized carbons (Fsp3) is 0.250. The van der Waals surface area contributed by atoms with Gasteiger partial charge in [-0.1, -0.05) is 0 Å². The molecule has 1 heterocycles. The summed E-state index contributed by atoms with van der Waals surface area (Å²) < 4.78 is 27.0. The third-order valence-electron chi connectivity index (χ3n) is 2.57. The van der Waals surface area contributed by atoms with Gasteiger partial charge in [-0.15, -0.1) is 0 Å². The van der Waals surface area contributed by atoms with Crippen molar-refractivity contribution in [3.05, 3.63) is 41.1 Å². The van der Waals surface area contributed by atoms with E-state index in [9.17, 15) is 8.78 Å². The van der Waals surface area contributed by atoms with Gasteiger partial charge in [-0.2, -0.15) is 5.10 Å². The largest absolute Gasteiger partial charge is 0.330 e. The van der Waals surface area contributed by atoms with Crippen LogP contribution in [0.1, 0.15) is 11.3 Å². The zero-order valence-electron chi connectivity index (χ0n) is 9.43. The molecule has 0 saturated carbocycles. The molecular formula is C12H13F2N3. The van der Waals surface area contributed by atoms with Crippen molar-refractivity contribution in [1.29, 1.82) is 0 Å². The molecule has 0 bridgehead atoms. The Balaban J connectivity index is 2.41. The van der Waals surface area contributed by atoms with E-state index in [1.165, 1.54) is 13.0 Å². The lowest BCUT2D eigenvalue weighted by molar-refractivity contribution is 0.594. The van der Waals surface area contributed by atoms with Crippen LogP contribution in [0.4, 0.5) is 8.78 Å². The Morgan fingerprint density at radius 3 is 2.71 bits per heavy atom. The third kappa shape index (κ3) is 2.34. The summed E-state index contributed by atoms with van der Waals surface area (Å²) in [6, 6.07) is 4.01. The van der Waals surface area contributed by atoms with E-state index in [4.69, 9.17) is 5.73 Å². The van der Waals surface area contributed by atoms with E-state index >= 15 is 0 Å². The number of nitrogens with two attached hydrogens (primary N) is 1. The third-order valence-corrected chi connectivity index (χ3v) is 2.57. The quantitative estimate of drug-likeness (QED) is 0.859. The van der Waals surface area contributed by atoms with E-state index < -0.39 is 11.6 Å². The van der Waals surface area contributed by atoms with Crippen molar-refractivity contribution in [1.82, 2.24) is 10.2 Å². The number of H-pyrrole nitrogens is 1. The molecule has 0 fully saturated rings. The number of nitrogens with one attached hydrogen (secondary N) is 1. The number of aromatic nitrogens is 2. The van der Waals surface area contributed by atoms with Gasteiger partial charge in [-0.05, 0) is 37.2 Å². The topological polar surface area (TPSA) is 54.7 Å². The first-order chi connectivity index (χ1) is 8.11. The fourth-order valence-corrected chi connectivity index (χ4v) is 1.63. The molecule has 3 N–H and O–H groups in total. The van der Waals surface area contributed by atoms with E-state index in [1.807, 2.05) is 0 Å². The lowest BCUT2D eigenvalue weighted by atomic mass is 10.1. The zero-order chi connectivity index (χ0) is 12.4. The van der Waals surface area contributed by atoms with Crippen LogP contribution in [0.3, 0.4) is 0 Å². The fourth-order valence-electron chi connectivity index (χ4n) is 1.63. The highest BCUT2D eigenvalue weighted by Crippen LogP contribution is 2.24. The van der Waals surface area contributed by atoms with Gasteiger partial charge in [0.2, 0.25) is 0 Å². The minimum absolute atomic E-state index is 0.160. The predicted octanol–water partition coefficient (Wildman–Crippen LogP) is 2.16. The van der Waals surface area contributed by atoms with Gasteiger partial charge in [0.25, 0.3) is 0 Å². The molecule has 5 heteroatoms. The summed E-state index contributed by atoms with van der Waals surface area (Å²) >= 11 is 0. The van der Waals surface area contributed by atoms with Gasteiger partial charge in [0.05, 0.1) is 5.69 Å². The van der Waals surface area contributed by atoms with Gasteiger partial charge in [0.15, 0.2) is 0 Å². The van der Waals surface area contributed by atoms with Crippen LogP contribution >= 0.6 is 0 Å². The van der Waals surface area contributed by atoms with Crippen LogP contribution in [0.5, 0.6) is 0 Å². The lowest BCUT2D eigenvalue weighted by Gasteiger charge is -2.02. The Morgan fingerprint density at radius 2 is 2.00 bits per heavy atom. The number of hydrogen-bond acceptors (Lipinski definition) is 2. The summed E-state index contributed by atoms with van der Waals surface area (Å²) in [5, 5.41) is 6.70. The van der Waals surface area contributed by atoms with Crippen molar-refractivity contribution in [3.8, 4) is 11.3 Å². The number of hydrogen-bond donors (Lipinski definition) is 2. The Hall–Kier alpha value is -1.75. The van der Waals surface area contributed by atoms with Gasteiger partial charge in [-0.3, -0.25) is 5.10 Å². The molecule has 17 heavy (non-hydrogen) atoms. The molecule has 0 amide bonds. The molecule has 0 atom stereocenters. The lowest BCUT2D eigenvalue weighted by Crippen LogP contribution is -2.02. The highest BCUT2D eigenvalue weighted by atomic mass is 19.1. The molecule has 2 rings (SSSR count). The number of benzene rings is 1. The second-order valence-corrected chi connectivity index (χ2v) is 3.90. The average Bonchev–Trinajstić information content (AvgIpc) is 2.72.